The molecule has 3 heterocycles. The van der Waals surface area contributed by atoms with Crippen molar-refractivity contribution in [1.29, 1.82) is 0 Å². The molecule has 1 aliphatic heterocycles. The lowest BCUT2D eigenvalue weighted by Gasteiger charge is -2.32. The van der Waals surface area contributed by atoms with Crippen LogP contribution in [0.5, 0.6) is 11.5 Å². The summed E-state index contributed by atoms with van der Waals surface area (Å²) in [7, 11) is 1.32. The Hall–Kier alpha value is -2.44. The molecule has 1 fully saturated rings. The minimum atomic E-state index is -3.69. The van der Waals surface area contributed by atoms with E-state index in [0.29, 0.717) is 29.9 Å². The molecular weight excluding hydrogens is 541 g/mol. The van der Waals surface area contributed by atoms with Crippen molar-refractivity contribution in [2.75, 3.05) is 60.2 Å². The molecule has 0 amide bonds. The van der Waals surface area contributed by atoms with Crippen LogP contribution in [0.3, 0.4) is 0 Å². The first-order valence-corrected chi connectivity index (χ1v) is 14.3. The predicted octanol–water partition coefficient (Wildman–Crippen LogP) is 2.82. The molecule has 0 unspecified atom stereocenters. The Balaban J connectivity index is 1.86. The molecule has 2 aromatic heterocycles. The van der Waals surface area contributed by atoms with Crippen molar-refractivity contribution in [1.82, 2.24) is 24.3 Å². The fraction of sp³-hybridized carbons (Fsp3) is 0.458. The first-order chi connectivity index (χ1) is 17.5. The van der Waals surface area contributed by atoms with E-state index in [2.05, 4.69) is 26.8 Å². The van der Waals surface area contributed by atoms with Gasteiger partial charge in [-0.05, 0) is 26.1 Å². The number of halogens is 2. The SMILES string of the molecule is COc1cc(OC)c(Cl)c(-c2cc3cnc(S(C)(=O)=O)nc3n(CCCN3CCN(C)CC3)c2=O)c1Cl. The Labute approximate surface area is 225 Å². The van der Waals surface area contributed by atoms with Crippen molar-refractivity contribution >= 4 is 44.1 Å². The van der Waals surface area contributed by atoms with Crippen molar-refractivity contribution in [3.8, 4) is 22.6 Å². The number of ether oxygens (including phenoxy) is 2. The molecule has 0 spiro atoms. The highest BCUT2D eigenvalue weighted by atomic mass is 35.5. The molecule has 1 aromatic carbocycles. The van der Waals surface area contributed by atoms with Gasteiger partial charge in [0.25, 0.3) is 5.56 Å². The van der Waals surface area contributed by atoms with Crippen LogP contribution < -0.4 is 15.0 Å². The number of benzene rings is 1. The van der Waals surface area contributed by atoms with Crippen LogP contribution in [-0.4, -0.2) is 93.0 Å². The Morgan fingerprint density at radius 2 is 1.62 bits per heavy atom. The molecule has 0 atom stereocenters. The van der Waals surface area contributed by atoms with E-state index < -0.39 is 15.4 Å². The lowest BCUT2D eigenvalue weighted by molar-refractivity contribution is 0.151. The predicted molar refractivity (Wildman–Crippen MR) is 144 cm³/mol. The summed E-state index contributed by atoms with van der Waals surface area (Å²) in [5, 5.41) is 0.430. The molecule has 0 saturated carbocycles. The molecule has 4 rings (SSSR count). The van der Waals surface area contributed by atoms with E-state index in [1.807, 2.05) is 0 Å². The number of sulfone groups is 1. The zero-order chi connectivity index (χ0) is 26.9. The van der Waals surface area contributed by atoms with Crippen LogP contribution in [-0.2, 0) is 16.4 Å². The Morgan fingerprint density at radius 1 is 1.00 bits per heavy atom. The second-order valence-electron chi connectivity index (χ2n) is 9.00. The standard InChI is InChI=1S/C24H29Cl2N5O5S/c1-29-8-10-30(11-9-29)6-5-7-31-22-15(14-27-24(28-22)37(4,33)34)12-16(23(31)32)19-20(25)17(35-2)13-18(36-3)21(19)26/h12-14H,5-11H2,1-4H3. The number of methoxy groups -OCH3 is 2. The van der Waals surface area contributed by atoms with Gasteiger partial charge in [0.15, 0.2) is 0 Å². The number of likely N-dealkylation sites (N-methyl/N-ethyl adjacent to an activating group) is 1. The molecule has 3 aromatic rings. The number of piperazine rings is 1. The van der Waals surface area contributed by atoms with Gasteiger partial charge >= 0.3 is 0 Å². The first-order valence-electron chi connectivity index (χ1n) is 11.7. The summed E-state index contributed by atoms with van der Waals surface area (Å²) in [5.41, 5.74) is 0.272. The summed E-state index contributed by atoms with van der Waals surface area (Å²) in [4.78, 5) is 26.8. The summed E-state index contributed by atoms with van der Waals surface area (Å²) < 4.78 is 36.5. The number of aryl methyl sites for hydroxylation is 1. The maximum atomic E-state index is 13.9. The van der Waals surface area contributed by atoms with Gasteiger partial charge in [-0.3, -0.25) is 9.36 Å². The number of aromatic nitrogens is 3. The molecule has 1 saturated heterocycles. The van der Waals surface area contributed by atoms with Crippen LogP contribution in [0.1, 0.15) is 6.42 Å². The molecule has 0 N–H and O–H groups in total. The minimum Gasteiger partial charge on any atom is -0.495 e. The van der Waals surface area contributed by atoms with Gasteiger partial charge in [-0.1, -0.05) is 23.2 Å². The Morgan fingerprint density at radius 3 is 2.19 bits per heavy atom. The topological polar surface area (TPSA) is 107 Å². The van der Waals surface area contributed by atoms with Crippen molar-refractivity contribution < 1.29 is 17.9 Å². The lowest BCUT2D eigenvalue weighted by atomic mass is 10.0. The first kappa shape index (κ1) is 27.6. The maximum Gasteiger partial charge on any atom is 0.260 e. The normalized spacial score (nSPS) is 15.3. The van der Waals surface area contributed by atoms with E-state index in [4.69, 9.17) is 32.7 Å². The fourth-order valence-corrected chi connectivity index (χ4v) is 5.56. The highest BCUT2D eigenvalue weighted by molar-refractivity contribution is 7.90. The maximum absolute atomic E-state index is 13.9. The summed E-state index contributed by atoms with van der Waals surface area (Å²) in [6.45, 7) is 4.95. The molecule has 0 aliphatic carbocycles. The minimum absolute atomic E-state index is 0.155. The van der Waals surface area contributed by atoms with Gasteiger partial charge in [0.1, 0.15) is 17.1 Å². The van der Waals surface area contributed by atoms with Crippen LogP contribution >= 0.6 is 23.2 Å². The number of hydrogen-bond acceptors (Lipinski definition) is 9. The zero-order valence-corrected chi connectivity index (χ0v) is 23.5. The summed E-state index contributed by atoms with van der Waals surface area (Å²) >= 11 is 13.2. The molecule has 10 nitrogen and oxygen atoms in total. The summed E-state index contributed by atoms with van der Waals surface area (Å²) in [6, 6.07) is 3.11. The number of hydrogen-bond donors (Lipinski definition) is 0. The summed E-state index contributed by atoms with van der Waals surface area (Å²) in [5.74, 6) is 0.588. The van der Waals surface area contributed by atoms with E-state index in [1.54, 1.807) is 12.1 Å². The van der Waals surface area contributed by atoms with E-state index in [9.17, 15) is 13.2 Å². The lowest BCUT2D eigenvalue weighted by Crippen LogP contribution is -2.44. The van der Waals surface area contributed by atoms with E-state index >= 15 is 0 Å². The highest BCUT2D eigenvalue weighted by Gasteiger charge is 2.24. The Bertz CT molecular complexity index is 1460. The van der Waals surface area contributed by atoms with Gasteiger partial charge in [0, 0.05) is 62.2 Å². The molecule has 37 heavy (non-hydrogen) atoms. The highest BCUT2D eigenvalue weighted by Crippen LogP contribution is 2.45. The van der Waals surface area contributed by atoms with Crippen molar-refractivity contribution in [2.45, 2.75) is 18.1 Å². The largest absolute Gasteiger partial charge is 0.495 e. The van der Waals surface area contributed by atoms with Gasteiger partial charge in [-0.15, -0.1) is 0 Å². The number of nitrogens with zero attached hydrogens (tertiary/aromatic N) is 5. The second-order valence-corrected chi connectivity index (χ2v) is 11.7. The van der Waals surface area contributed by atoms with Gasteiger partial charge in [-0.2, -0.15) is 4.98 Å². The van der Waals surface area contributed by atoms with Crippen LogP contribution in [0.25, 0.3) is 22.2 Å². The van der Waals surface area contributed by atoms with Crippen molar-refractivity contribution in [3.63, 3.8) is 0 Å². The zero-order valence-electron chi connectivity index (χ0n) is 21.1. The number of pyridine rings is 1. The van der Waals surface area contributed by atoms with Crippen LogP contribution in [0.2, 0.25) is 10.0 Å². The van der Waals surface area contributed by atoms with E-state index in [-0.39, 0.29) is 32.0 Å². The molecular formula is C24H29Cl2N5O5S. The molecule has 13 heteroatoms. The smallest absolute Gasteiger partial charge is 0.260 e. The van der Waals surface area contributed by atoms with Crippen LogP contribution in [0.15, 0.2) is 28.3 Å². The van der Waals surface area contributed by atoms with Gasteiger partial charge < -0.3 is 19.3 Å². The second kappa shape index (κ2) is 11.1. The monoisotopic (exact) mass is 569 g/mol. The average Bonchev–Trinajstić information content (AvgIpc) is 2.86. The van der Waals surface area contributed by atoms with Crippen molar-refractivity contribution in [2.24, 2.45) is 0 Å². The molecule has 0 bridgehead atoms. The van der Waals surface area contributed by atoms with E-state index in [0.717, 1.165) is 39.0 Å². The number of fused-ring (bicyclic) bond motifs is 1. The van der Waals surface area contributed by atoms with Gasteiger partial charge in [-0.25, -0.2) is 13.4 Å². The van der Waals surface area contributed by atoms with Gasteiger partial charge in [0.2, 0.25) is 15.0 Å². The molecule has 1 aliphatic rings. The van der Waals surface area contributed by atoms with E-state index in [1.165, 1.54) is 25.0 Å². The third-order valence-electron chi connectivity index (χ3n) is 6.43. The van der Waals surface area contributed by atoms with Crippen LogP contribution in [0.4, 0.5) is 0 Å². The van der Waals surface area contributed by atoms with Crippen molar-refractivity contribution in [3.05, 3.63) is 38.7 Å². The summed E-state index contributed by atoms with van der Waals surface area (Å²) in [6.07, 6.45) is 3.07. The average molecular weight is 570 g/mol. The molecule has 0 radical (unpaired) electrons. The fourth-order valence-electron chi connectivity index (χ4n) is 4.35. The molecule has 200 valence electrons. The quantitative estimate of drug-likeness (QED) is 0.378. The third-order valence-corrected chi connectivity index (χ3v) is 8.04. The van der Waals surface area contributed by atoms with Crippen LogP contribution in [0, 0.1) is 0 Å². The number of rotatable bonds is 8. The Kier molecular flexibility index (Phi) is 8.29. The third kappa shape index (κ3) is 5.70. The van der Waals surface area contributed by atoms with Gasteiger partial charge in [0.05, 0.1) is 29.8 Å².